The highest BCUT2D eigenvalue weighted by Crippen LogP contribution is 2.12. The van der Waals surface area contributed by atoms with Crippen molar-refractivity contribution < 1.29 is 9.72 Å². The number of non-ortho nitro benzene ring substituents is 1. The first kappa shape index (κ1) is 13.8. The van der Waals surface area contributed by atoms with E-state index in [-0.39, 0.29) is 18.0 Å². The number of unbranched alkanes of at least 4 members (excludes halogenated alkanes) is 1. The van der Waals surface area contributed by atoms with Gasteiger partial charge >= 0.3 is 0 Å². The number of carbonyl (C=O) groups excluding carboxylic acids is 1. The summed E-state index contributed by atoms with van der Waals surface area (Å²) in [6, 6.07) is 5.88. The standard InChI is InChI=1S/C12H15N3O3/c1-2-3-8-13-14-12(16)9-10-4-6-11(7-5-10)15(17)18/h4-8H,2-3,9H2,1H3,(H,14,16)/b13-8-. The number of nitro benzene ring substituents is 1. The van der Waals surface area contributed by atoms with Crippen molar-refractivity contribution in [3.05, 3.63) is 39.9 Å². The van der Waals surface area contributed by atoms with Gasteiger partial charge in [-0.2, -0.15) is 5.10 Å². The molecule has 0 bridgehead atoms. The van der Waals surface area contributed by atoms with Crippen LogP contribution in [0.4, 0.5) is 5.69 Å². The fraction of sp³-hybridized carbons (Fsp3) is 0.333. The largest absolute Gasteiger partial charge is 0.273 e. The minimum Gasteiger partial charge on any atom is -0.273 e. The quantitative estimate of drug-likeness (QED) is 0.475. The Kier molecular flexibility index (Phi) is 5.50. The molecule has 0 saturated heterocycles. The normalized spacial score (nSPS) is 10.5. The summed E-state index contributed by atoms with van der Waals surface area (Å²) in [5.41, 5.74) is 3.13. The minimum absolute atomic E-state index is 0.0140. The van der Waals surface area contributed by atoms with Gasteiger partial charge in [-0.1, -0.05) is 25.5 Å². The molecule has 0 aromatic heterocycles. The molecule has 6 nitrogen and oxygen atoms in total. The molecular weight excluding hydrogens is 234 g/mol. The molecule has 0 unspecified atom stereocenters. The maximum atomic E-state index is 11.4. The number of benzene rings is 1. The molecule has 96 valence electrons. The second kappa shape index (κ2) is 7.16. The van der Waals surface area contributed by atoms with Gasteiger partial charge in [0.05, 0.1) is 11.3 Å². The van der Waals surface area contributed by atoms with Crippen molar-refractivity contribution in [1.82, 2.24) is 5.43 Å². The van der Waals surface area contributed by atoms with Crippen LogP contribution in [0, 0.1) is 10.1 Å². The number of carbonyl (C=O) groups is 1. The van der Waals surface area contributed by atoms with Crippen LogP contribution in [-0.2, 0) is 11.2 Å². The van der Waals surface area contributed by atoms with E-state index in [1.165, 1.54) is 12.1 Å². The van der Waals surface area contributed by atoms with Gasteiger partial charge in [0.1, 0.15) is 0 Å². The lowest BCUT2D eigenvalue weighted by Gasteiger charge is -2.00. The van der Waals surface area contributed by atoms with E-state index in [4.69, 9.17) is 0 Å². The van der Waals surface area contributed by atoms with E-state index in [2.05, 4.69) is 10.5 Å². The predicted octanol–water partition coefficient (Wildman–Crippen LogP) is 2.04. The molecule has 6 heteroatoms. The Labute approximate surface area is 105 Å². The molecule has 0 radical (unpaired) electrons. The molecule has 0 aliphatic carbocycles. The summed E-state index contributed by atoms with van der Waals surface area (Å²) in [6.07, 6.45) is 3.59. The third-order valence-electron chi connectivity index (χ3n) is 2.21. The van der Waals surface area contributed by atoms with Gasteiger partial charge in [0, 0.05) is 18.3 Å². The molecule has 0 fully saturated rings. The zero-order chi connectivity index (χ0) is 13.4. The first-order chi connectivity index (χ1) is 8.63. The van der Waals surface area contributed by atoms with E-state index in [0.717, 1.165) is 12.8 Å². The molecule has 1 amide bonds. The summed E-state index contributed by atoms with van der Waals surface area (Å²) in [6.45, 7) is 2.02. The maximum absolute atomic E-state index is 11.4. The lowest BCUT2D eigenvalue weighted by Crippen LogP contribution is -2.19. The van der Waals surface area contributed by atoms with Crippen LogP contribution in [0.1, 0.15) is 25.3 Å². The number of rotatable bonds is 6. The van der Waals surface area contributed by atoms with Crippen molar-refractivity contribution >= 4 is 17.8 Å². The second-order valence-corrected chi connectivity index (χ2v) is 3.74. The molecule has 1 N–H and O–H groups in total. The van der Waals surface area contributed by atoms with Gasteiger partial charge in [-0.25, -0.2) is 5.43 Å². The monoisotopic (exact) mass is 249 g/mol. The van der Waals surface area contributed by atoms with Gasteiger partial charge in [-0.15, -0.1) is 0 Å². The molecule has 1 rings (SSSR count). The Bertz CT molecular complexity index is 440. The van der Waals surface area contributed by atoms with Crippen LogP contribution in [0.15, 0.2) is 29.4 Å². The van der Waals surface area contributed by atoms with E-state index < -0.39 is 4.92 Å². The maximum Gasteiger partial charge on any atom is 0.269 e. The Morgan fingerprint density at radius 1 is 1.44 bits per heavy atom. The van der Waals surface area contributed by atoms with Crippen molar-refractivity contribution in [3.63, 3.8) is 0 Å². The molecule has 1 aromatic rings. The minimum atomic E-state index is -0.473. The fourth-order valence-electron chi connectivity index (χ4n) is 1.27. The van der Waals surface area contributed by atoms with Crippen LogP contribution in [0.2, 0.25) is 0 Å². The second-order valence-electron chi connectivity index (χ2n) is 3.74. The van der Waals surface area contributed by atoms with E-state index >= 15 is 0 Å². The predicted molar refractivity (Wildman–Crippen MR) is 68.3 cm³/mol. The van der Waals surface area contributed by atoms with Gasteiger partial charge in [0.2, 0.25) is 5.91 Å². The van der Waals surface area contributed by atoms with Crippen LogP contribution < -0.4 is 5.43 Å². The van der Waals surface area contributed by atoms with Gasteiger partial charge in [0.25, 0.3) is 5.69 Å². The zero-order valence-corrected chi connectivity index (χ0v) is 10.1. The summed E-state index contributed by atoms with van der Waals surface area (Å²) in [4.78, 5) is 21.4. The third kappa shape index (κ3) is 4.73. The number of hydrazone groups is 1. The van der Waals surface area contributed by atoms with Crippen LogP contribution in [0.3, 0.4) is 0 Å². The van der Waals surface area contributed by atoms with Crippen molar-refractivity contribution in [1.29, 1.82) is 0 Å². The smallest absolute Gasteiger partial charge is 0.269 e. The van der Waals surface area contributed by atoms with Crippen LogP contribution in [0.25, 0.3) is 0 Å². The average molecular weight is 249 g/mol. The number of nitrogens with one attached hydrogen (secondary N) is 1. The van der Waals surface area contributed by atoms with E-state index in [0.29, 0.717) is 5.56 Å². The van der Waals surface area contributed by atoms with Crippen molar-refractivity contribution in [2.75, 3.05) is 0 Å². The Hall–Kier alpha value is -2.24. The first-order valence-electron chi connectivity index (χ1n) is 5.67. The summed E-state index contributed by atoms with van der Waals surface area (Å²) in [5, 5.41) is 14.2. The summed E-state index contributed by atoms with van der Waals surface area (Å²) in [5.74, 6) is -0.240. The van der Waals surface area contributed by atoms with Gasteiger partial charge < -0.3 is 0 Å². The van der Waals surface area contributed by atoms with Crippen LogP contribution in [-0.4, -0.2) is 17.0 Å². The fourth-order valence-corrected chi connectivity index (χ4v) is 1.27. The molecule has 0 saturated carbocycles. The lowest BCUT2D eigenvalue weighted by molar-refractivity contribution is -0.384. The average Bonchev–Trinajstić information content (AvgIpc) is 2.35. The highest BCUT2D eigenvalue weighted by atomic mass is 16.6. The topological polar surface area (TPSA) is 84.6 Å². The molecule has 0 heterocycles. The van der Waals surface area contributed by atoms with Crippen LogP contribution in [0.5, 0.6) is 0 Å². The molecule has 1 aromatic carbocycles. The van der Waals surface area contributed by atoms with Crippen molar-refractivity contribution in [3.8, 4) is 0 Å². The Morgan fingerprint density at radius 2 is 2.11 bits per heavy atom. The Morgan fingerprint density at radius 3 is 2.67 bits per heavy atom. The first-order valence-corrected chi connectivity index (χ1v) is 5.67. The van der Waals surface area contributed by atoms with Gasteiger partial charge in [0.15, 0.2) is 0 Å². The van der Waals surface area contributed by atoms with E-state index in [1.54, 1.807) is 18.3 Å². The molecule has 0 aliphatic heterocycles. The highest BCUT2D eigenvalue weighted by Gasteiger charge is 2.06. The van der Waals surface area contributed by atoms with E-state index in [9.17, 15) is 14.9 Å². The number of amides is 1. The molecule has 18 heavy (non-hydrogen) atoms. The lowest BCUT2D eigenvalue weighted by atomic mass is 10.1. The number of hydrogen-bond acceptors (Lipinski definition) is 4. The van der Waals surface area contributed by atoms with Gasteiger partial charge in [-0.3, -0.25) is 14.9 Å². The van der Waals surface area contributed by atoms with Crippen molar-refractivity contribution in [2.24, 2.45) is 5.10 Å². The van der Waals surface area contributed by atoms with Gasteiger partial charge in [-0.05, 0) is 12.0 Å². The highest BCUT2D eigenvalue weighted by molar-refractivity contribution is 5.79. The summed E-state index contributed by atoms with van der Waals surface area (Å²) >= 11 is 0. The zero-order valence-electron chi connectivity index (χ0n) is 10.1. The summed E-state index contributed by atoms with van der Waals surface area (Å²) in [7, 11) is 0. The third-order valence-corrected chi connectivity index (χ3v) is 2.21. The molecule has 0 aliphatic rings. The molecule has 0 spiro atoms. The van der Waals surface area contributed by atoms with Crippen LogP contribution >= 0.6 is 0 Å². The number of nitrogens with zero attached hydrogens (tertiary/aromatic N) is 2. The SMILES string of the molecule is CCC/C=N\NC(=O)Cc1ccc([N+](=O)[O-])cc1. The number of hydrogen-bond donors (Lipinski definition) is 1. The van der Waals surface area contributed by atoms with E-state index in [1.807, 2.05) is 6.92 Å². The number of nitro groups is 1. The molecular formula is C12H15N3O3. The summed E-state index contributed by atoms with van der Waals surface area (Å²) < 4.78 is 0. The Balaban J connectivity index is 2.47. The van der Waals surface area contributed by atoms with Crippen molar-refractivity contribution in [2.45, 2.75) is 26.2 Å². The molecule has 0 atom stereocenters.